The molecule has 21 heavy (non-hydrogen) atoms. The van der Waals surface area contributed by atoms with Crippen LogP contribution < -0.4 is 5.32 Å². The minimum absolute atomic E-state index is 0.135. The maximum absolute atomic E-state index is 13.4. The van der Waals surface area contributed by atoms with E-state index in [1.54, 1.807) is 0 Å². The van der Waals surface area contributed by atoms with Gasteiger partial charge in [0.25, 0.3) is 0 Å². The Kier molecular flexibility index (Phi) is 5.88. The van der Waals surface area contributed by atoms with Crippen LogP contribution in [0.5, 0.6) is 0 Å². The molecule has 1 aromatic heterocycles. The summed E-state index contributed by atoms with van der Waals surface area (Å²) in [4.78, 5) is 4.47. The van der Waals surface area contributed by atoms with E-state index in [1.165, 1.54) is 11.6 Å². The molecule has 0 radical (unpaired) electrons. The number of hydrogen-bond donors (Lipinski definition) is 1. The van der Waals surface area contributed by atoms with Gasteiger partial charge in [-0.1, -0.05) is 19.1 Å². The molecule has 0 spiro atoms. The third-order valence-electron chi connectivity index (χ3n) is 3.50. The Bertz CT molecular complexity index is 601. The van der Waals surface area contributed by atoms with E-state index in [2.05, 4.69) is 46.1 Å². The van der Waals surface area contributed by atoms with E-state index in [1.807, 2.05) is 24.4 Å². The first-order chi connectivity index (χ1) is 10.1. The minimum Gasteiger partial charge on any atom is -0.310 e. The lowest BCUT2D eigenvalue weighted by Gasteiger charge is -2.20. The van der Waals surface area contributed by atoms with E-state index in [0.717, 1.165) is 30.6 Å². The van der Waals surface area contributed by atoms with Gasteiger partial charge >= 0.3 is 0 Å². The summed E-state index contributed by atoms with van der Waals surface area (Å²) in [6.07, 6.45) is 3.67. The van der Waals surface area contributed by atoms with E-state index in [9.17, 15) is 4.39 Å². The van der Waals surface area contributed by atoms with E-state index >= 15 is 0 Å². The number of aromatic nitrogens is 1. The van der Waals surface area contributed by atoms with Crippen LogP contribution in [-0.2, 0) is 6.42 Å². The molecular weight excluding hydrogens is 331 g/mol. The van der Waals surface area contributed by atoms with Crippen LogP contribution in [0.4, 0.5) is 4.39 Å². The van der Waals surface area contributed by atoms with Crippen LogP contribution in [-0.4, -0.2) is 11.5 Å². The third-order valence-corrected chi connectivity index (χ3v) is 4.11. The molecule has 1 aromatic carbocycles. The lowest BCUT2D eigenvalue weighted by molar-refractivity contribution is 0.521. The summed E-state index contributed by atoms with van der Waals surface area (Å²) >= 11 is 3.26. The van der Waals surface area contributed by atoms with Gasteiger partial charge in [-0.15, -0.1) is 0 Å². The van der Waals surface area contributed by atoms with Crippen molar-refractivity contribution in [2.24, 2.45) is 0 Å². The Balaban J connectivity index is 2.25. The van der Waals surface area contributed by atoms with Gasteiger partial charge in [0.15, 0.2) is 0 Å². The summed E-state index contributed by atoms with van der Waals surface area (Å²) in [7, 11) is 0. The zero-order chi connectivity index (χ0) is 15.2. The van der Waals surface area contributed by atoms with Crippen LogP contribution in [0, 0.1) is 12.7 Å². The molecule has 4 heteroatoms. The maximum atomic E-state index is 13.4. The molecule has 1 atom stereocenters. The molecule has 1 unspecified atom stereocenters. The number of benzene rings is 1. The van der Waals surface area contributed by atoms with Gasteiger partial charge < -0.3 is 5.32 Å². The molecule has 2 rings (SSSR count). The zero-order valence-electron chi connectivity index (χ0n) is 12.4. The number of rotatable bonds is 6. The molecule has 0 saturated carbocycles. The third kappa shape index (κ3) is 4.35. The Morgan fingerprint density at radius 1 is 1.33 bits per heavy atom. The predicted octanol–water partition coefficient (Wildman–Crippen LogP) is 4.58. The number of nitrogens with one attached hydrogen (secondary N) is 1. The summed E-state index contributed by atoms with van der Waals surface area (Å²) in [5.41, 5.74) is 3.33. The lowest BCUT2D eigenvalue weighted by Crippen LogP contribution is -2.24. The standard InChI is InChI=1S/C17H20BrFN2/c1-3-8-20-17(11-16-12(2)5-4-9-21-16)13-6-7-15(19)14(18)10-13/h4-7,9-10,17,20H,3,8,11H2,1-2H3. The topological polar surface area (TPSA) is 24.9 Å². The second-order valence-corrected chi connectivity index (χ2v) is 6.01. The summed E-state index contributed by atoms with van der Waals surface area (Å²) < 4.78 is 13.9. The number of hydrogen-bond acceptors (Lipinski definition) is 2. The summed E-state index contributed by atoms with van der Waals surface area (Å²) in [5.74, 6) is -0.234. The van der Waals surface area contributed by atoms with Gasteiger partial charge in [-0.05, 0) is 65.1 Å². The highest BCUT2D eigenvalue weighted by atomic mass is 79.9. The summed E-state index contributed by atoms with van der Waals surface area (Å²) in [5, 5.41) is 3.52. The van der Waals surface area contributed by atoms with E-state index in [4.69, 9.17) is 0 Å². The number of pyridine rings is 1. The maximum Gasteiger partial charge on any atom is 0.137 e. The van der Waals surface area contributed by atoms with Crippen LogP contribution >= 0.6 is 15.9 Å². The fourth-order valence-electron chi connectivity index (χ4n) is 2.28. The van der Waals surface area contributed by atoms with Crippen LogP contribution in [0.2, 0.25) is 0 Å². The molecule has 2 aromatic rings. The fourth-order valence-corrected chi connectivity index (χ4v) is 2.68. The van der Waals surface area contributed by atoms with Crippen LogP contribution in [0.1, 0.15) is 36.2 Å². The molecule has 1 N–H and O–H groups in total. The van der Waals surface area contributed by atoms with E-state index < -0.39 is 0 Å². The van der Waals surface area contributed by atoms with Gasteiger partial charge in [-0.25, -0.2) is 4.39 Å². The van der Waals surface area contributed by atoms with Gasteiger partial charge in [0.1, 0.15) is 5.82 Å². The normalized spacial score (nSPS) is 12.4. The molecule has 0 fully saturated rings. The van der Waals surface area contributed by atoms with Crippen molar-refractivity contribution < 1.29 is 4.39 Å². The molecular formula is C17H20BrFN2. The van der Waals surface area contributed by atoms with Crippen molar-refractivity contribution >= 4 is 15.9 Å². The van der Waals surface area contributed by atoms with Crippen molar-refractivity contribution in [3.8, 4) is 0 Å². The first-order valence-corrected chi connectivity index (χ1v) is 8.00. The Morgan fingerprint density at radius 2 is 2.14 bits per heavy atom. The Hall–Kier alpha value is -1.26. The van der Waals surface area contributed by atoms with Crippen molar-refractivity contribution in [3.63, 3.8) is 0 Å². The Labute approximate surface area is 133 Å². The lowest BCUT2D eigenvalue weighted by atomic mass is 9.99. The van der Waals surface area contributed by atoms with Gasteiger partial charge in [-0.3, -0.25) is 4.98 Å². The van der Waals surface area contributed by atoms with Crippen molar-refractivity contribution in [2.75, 3.05) is 6.54 Å². The monoisotopic (exact) mass is 350 g/mol. The van der Waals surface area contributed by atoms with Gasteiger partial charge in [0.2, 0.25) is 0 Å². The molecule has 0 amide bonds. The van der Waals surface area contributed by atoms with Crippen molar-refractivity contribution in [1.29, 1.82) is 0 Å². The van der Waals surface area contributed by atoms with E-state index in [-0.39, 0.29) is 11.9 Å². The molecule has 0 aliphatic carbocycles. The Morgan fingerprint density at radius 3 is 2.81 bits per heavy atom. The smallest absolute Gasteiger partial charge is 0.137 e. The number of halogens is 2. The number of nitrogens with zero attached hydrogens (tertiary/aromatic N) is 1. The largest absolute Gasteiger partial charge is 0.310 e. The molecule has 112 valence electrons. The summed E-state index contributed by atoms with van der Waals surface area (Å²) in [6, 6.07) is 9.34. The van der Waals surface area contributed by atoms with E-state index in [0.29, 0.717) is 4.47 Å². The van der Waals surface area contributed by atoms with Crippen molar-refractivity contribution in [2.45, 2.75) is 32.7 Å². The molecule has 2 nitrogen and oxygen atoms in total. The van der Waals surface area contributed by atoms with Crippen LogP contribution in [0.25, 0.3) is 0 Å². The predicted molar refractivity (Wildman–Crippen MR) is 87.8 cm³/mol. The van der Waals surface area contributed by atoms with Gasteiger partial charge in [-0.2, -0.15) is 0 Å². The summed E-state index contributed by atoms with van der Waals surface area (Å²) in [6.45, 7) is 5.13. The molecule has 0 saturated heterocycles. The van der Waals surface area contributed by atoms with Crippen LogP contribution in [0.15, 0.2) is 41.0 Å². The minimum atomic E-state index is -0.234. The fraction of sp³-hybridized carbons (Fsp3) is 0.353. The number of aryl methyl sites for hydroxylation is 1. The first-order valence-electron chi connectivity index (χ1n) is 7.20. The molecule has 0 aliphatic rings. The average Bonchev–Trinajstić information content (AvgIpc) is 2.48. The molecule has 1 heterocycles. The second kappa shape index (κ2) is 7.66. The molecule has 0 aliphatic heterocycles. The van der Waals surface area contributed by atoms with Crippen molar-refractivity contribution in [1.82, 2.24) is 10.3 Å². The SMILES string of the molecule is CCCNC(Cc1ncccc1C)c1ccc(F)c(Br)c1. The van der Waals surface area contributed by atoms with Gasteiger partial charge in [0.05, 0.1) is 4.47 Å². The highest BCUT2D eigenvalue weighted by Gasteiger charge is 2.15. The highest BCUT2D eigenvalue weighted by Crippen LogP contribution is 2.24. The average molecular weight is 351 g/mol. The van der Waals surface area contributed by atoms with Crippen LogP contribution in [0.3, 0.4) is 0 Å². The second-order valence-electron chi connectivity index (χ2n) is 5.15. The molecule has 0 bridgehead atoms. The first kappa shape index (κ1) is 16.1. The zero-order valence-corrected chi connectivity index (χ0v) is 14.0. The van der Waals surface area contributed by atoms with Gasteiger partial charge in [0, 0.05) is 24.4 Å². The quantitative estimate of drug-likeness (QED) is 0.824. The highest BCUT2D eigenvalue weighted by molar-refractivity contribution is 9.10. The van der Waals surface area contributed by atoms with Crippen molar-refractivity contribution in [3.05, 3.63) is 63.6 Å².